The van der Waals surface area contributed by atoms with Crippen molar-refractivity contribution in [2.75, 3.05) is 19.6 Å². The minimum atomic E-state index is -0.818. The molecular weight excluding hydrogens is 276 g/mol. The van der Waals surface area contributed by atoms with Crippen LogP contribution < -0.4 is 5.32 Å². The standard InChI is InChI=1S/C18H20N2O2/c21-18(22)20-12-8-16(9-13-20)17(14-4-2-1-3-5-14)15-6-10-19-11-7-15/h1-7,10,19H,8-9,11-13H2,(H,21,22). The molecule has 114 valence electrons. The third-order valence-electron chi connectivity index (χ3n) is 4.16. The highest BCUT2D eigenvalue weighted by molar-refractivity contribution is 5.84. The second-order valence-electron chi connectivity index (χ2n) is 5.52. The maximum absolute atomic E-state index is 11.1. The van der Waals surface area contributed by atoms with Gasteiger partial charge in [0.15, 0.2) is 0 Å². The maximum Gasteiger partial charge on any atom is 0.407 e. The molecule has 0 unspecified atom stereocenters. The van der Waals surface area contributed by atoms with Gasteiger partial charge in [-0.25, -0.2) is 4.79 Å². The molecule has 0 spiro atoms. The van der Waals surface area contributed by atoms with E-state index in [4.69, 9.17) is 5.11 Å². The zero-order valence-electron chi connectivity index (χ0n) is 12.5. The summed E-state index contributed by atoms with van der Waals surface area (Å²) in [5, 5.41) is 12.3. The largest absolute Gasteiger partial charge is 0.465 e. The number of benzene rings is 1. The van der Waals surface area contributed by atoms with E-state index < -0.39 is 6.09 Å². The van der Waals surface area contributed by atoms with Gasteiger partial charge < -0.3 is 15.3 Å². The smallest absolute Gasteiger partial charge is 0.407 e. The molecule has 0 bridgehead atoms. The zero-order chi connectivity index (χ0) is 15.4. The molecule has 3 rings (SSSR count). The van der Waals surface area contributed by atoms with Crippen molar-refractivity contribution in [1.82, 2.24) is 10.2 Å². The van der Waals surface area contributed by atoms with Crippen molar-refractivity contribution in [2.45, 2.75) is 12.8 Å². The quantitative estimate of drug-likeness (QED) is 0.881. The fourth-order valence-corrected chi connectivity index (χ4v) is 3.04. The number of dihydropyridines is 1. The lowest BCUT2D eigenvalue weighted by Gasteiger charge is -2.28. The summed E-state index contributed by atoms with van der Waals surface area (Å²) in [4.78, 5) is 12.6. The molecule has 1 amide bonds. The average Bonchev–Trinajstić information content (AvgIpc) is 2.57. The number of carbonyl (C=O) groups is 1. The molecule has 0 aliphatic carbocycles. The number of rotatable bonds is 2. The molecule has 0 atom stereocenters. The minimum Gasteiger partial charge on any atom is -0.465 e. The summed E-state index contributed by atoms with van der Waals surface area (Å²) >= 11 is 0. The number of amides is 1. The minimum absolute atomic E-state index is 0.580. The molecule has 1 aromatic rings. The summed E-state index contributed by atoms with van der Waals surface area (Å²) in [5.41, 5.74) is 5.05. The van der Waals surface area contributed by atoms with E-state index in [1.165, 1.54) is 27.2 Å². The zero-order valence-corrected chi connectivity index (χ0v) is 12.5. The summed E-state index contributed by atoms with van der Waals surface area (Å²) in [6, 6.07) is 10.4. The van der Waals surface area contributed by atoms with E-state index in [1.54, 1.807) is 0 Å². The lowest BCUT2D eigenvalue weighted by Crippen LogP contribution is -2.35. The Balaban J connectivity index is 1.96. The van der Waals surface area contributed by atoms with Crippen LogP contribution in [0.5, 0.6) is 0 Å². The van der Waals surface area contributed by atoms with Crippen molar-refractivity contribution in [2.24, 2.45) is 0 Å². The first-order valence-electron chi connectivity index (χ1n) is 7.61. The summed E-state index contributed by atoms with van der Waals surface area (Å²) < 4.78 is 0. The van der Waals surface area contributed by atoms with Crippen LogP contribution in [0.3, 0.4) is 0 Å². The van der Waals surface area contributed by atoms with Crippen LogP contribution in [0.1, 0.15) is 18.4 Å². The molecule has 2 aliphatic heterocycles. The third kappa shape index (κ3) is 3.06. The SMILES string of the molecule is O=C(O)N1CCC(=C(C2=CCNC=C2)c2ccccc2)CC1. The van der Waals surface area contributed by atoms with Gasteiger partial charge in [0.1, 0.15) is 0 Å². The third-order valence-corrected chi connectivity index (χ3v) is 4.16. The highest BCUT2D eigenvalue weighted by atomic mass is 16.4. The normalized spacial score (nSPS) is 17.7. The second kappa shape index (κ2) is 6.52. The molecule has 22 heavy (non-hydrogen) atoms. The molecule has 2 heterocycles. The van der Waals surface area contributed by atoms with Crippen molar-refractivity contribution >= 4 is 11.7 Å². The summed E-state index contributed by atoms with van der Waals surface area (Å²) in [5.74, 6) is 0. The van der Waals surface area contributed by atoms with Gasteiger partial charge in [0.25, 0.3) is 0 Å². The predicted molar refractivity (Wildman–Crippen MR) is 87.4 cm³/mol. The number of allylic oxidation sites excluding steroid dienone is 3. The van der Waals surface area contributed by atoms with Gasteiger partial charge in [-0.3, -0.25) is 0 Å². The molecule has 1 fully saturated rings. The molecule has 1 saturated heterocycles. The van der Waals surface area contributed by atoms with Crippen molar-refractivity contribution in [1.29, 1.82) is 0 Å². The molecule has 2 N–H and O–H groups in total. The van der Waals surface area contributed by atoms with Gasteiger partial charge in [-0.1, -0.05) is 42.0 Å². The van der Waals surface area contributed by atoms with Gasteiger partial charge in [0.2, 0.25) is 0 Å². The lowest BCUT2D eigenvalue weighted by molar-refractivity contribution is 0.142. The molecule has 0 radical (unpaired) electrons. The molecule has 4 heteroatoms. The summed E-state index contributed by atoms with van der Waals surface area (Å²) in [6.07, 6.45) is 7.05. The average molecular weight is 296 g/mol. The summed E-state index contributed by atoms with van der Waals surface area (Å²) in [7, 11) is 0. The molecule has 2 aliphatic rings. The Hall–Kier alpha value is -2.49. The first-order chi connectivity index (χ1) is 10.8. The van der Waals surface area contributed by atoms with Crippen LogP contribution in [0.2, 0.25) is 0 Å². The molecule has 0 saturated carbocycles. The van der Waals surface area contributed by atoms with Gasteiger partial charge in [0, 0.05) is 19.6 Å². The fraction of sp³-hybridized carbons (Fsp3) is 0.278. The maximum atomic E-state index is 11.1. The van der Waals surface area contributed by atoms with Crippen molar-refractivity contribution in [3.63, 3.8) is 0 Å². The molecule has 4 nitrogen and oxygen atoms in total. The Kier molecular flexibility index (Phi) is 4.28. The Morgan fingerprint density at radius 2 is 1.86 bits per heavy atom. The van der Waals surface area contributed by atoms with E-state index in [9.17, 15) is 4.79 Å². The Morgan fingerprint density at radius 3 is 2.45 bits per heavy atom. The van der Waals surface area contributed by atoms with Crippen LogP contribution in [0, 0.1) is 0 Å². The first kappa shape index (κ1) is 14.4. The fourth-order valence-electron chi connectivity index (χ4n) is 3.04. The van der Waals surface area contributed by atoms with E-state index in [0.29, 0.717) is 13.1 Å². The van der Waals surface area contributed by atoms with E-state index >= 15 is 0 Å². The Morgan fingerprint density at radius 1 is 1.14 bits per heavy atom. The lowest BCUT2D eigenvalue weighted by atomic mass is 9.87. The van der Waals surface area contributed by atoms with E-state index in [2.05, 4.69) is 29.6 Å². The van der Waals surface area contributed by atoms with E-state index in [1.807, 2.05) is 24.4 Å². The topological polar surface area (TPSA) is 52.6 Å². The van der Waals surface area contributed by atoms with Crippen LogP contribution in [-0.4, -0.2) is 35.7 Å². The van der Waals surface area contributed by atoms with Gasteiger partial charge in [0.05, 0.1) is 0 Å². The summed E-state index contributed by atoms with van der Waals surface area (Å²) in [6.45, 7) is 1.99. The van der Waals surface area contributed by atoms with Gasteiger partial charge in [-0.15, -0.1) is 0 Å². The predicted octanol–water partition coefficient (Wildman–Crippen LogP) is 3.26. The van der Waals surface area contributed by atoms with Gasteiger partial charge in [-0.2, -0.15) is 0 Å². The van der Waals surface area contributed by atoms with Crippen molar-refractivity contribution in [3.8, 4) is 0 Å². The highest BCUT2D eigenvalue weighted by Gasteiger charge is 2.22. The Labute approximate surface area is 130 Å². The number of hydrogen-bond donors (Lipinski definition) is 2. The highest BCUT2D eigenvalue weighted by Crippen LogP contribution is 2.33. The monoisotopic (exact) mass is 296 g/mol. The first-order valence-corrected chi connectivity index (χ1v) is 7.61. The molecular formula is C18H20N2O2. The Bertz CT molecular complexity index is 634. The van der Waals surface area contributed by atoms with E-state index in [0.717, 1.165) is 19.4 Å². The number of hydrogen-bond acceptors (Lipinski definition) is 2. The number of piperidine rings is 1. The van der Waals surface area contributed by atoms with Crippen LogP contribution in [0.25, 0.3) is 5.57 Å². The van der Waals surface area contributed by atoms with Gasteiger partial charge in [-0.05, 0) is 41.8 Å². The molecule has 1 aromatic carbocycles. The van der Waals surface area contributed by atoms with Crippen LogP contribution >= 0.6 is 0 Å². The van der Waals surface area contributed by atoms with Crippen molar-refractivity contribution < 1.29 is 9.90 Å². The van der Waals surface area contributed by atoms with Gasteiger partial charge >= 0.3 is 6.09 Å². The van der Waals surface area contributed by atoms with Crippen LogP contribution in [0.4, 0.5) is 4.79 Å². The van der Waals surface area contributed by atoms with E-state index in [-0.39, 0.29) is 0 Å². The van der Waals surface area contributed by atoms with Crippen LogP contribution in [-0.2, 0) is 0 Å². The number of carboxylic acid groups (broad SMARTS) is 1. The second-order valence-corrected chi connectivity index (χ2v) is 5.52. The molecule has 0 aromatic heterocycles. The van der Waals surface area contributed by atoms with Crippen LogP contribution in [0.15, 0.2) is 59.8 Å². The number of likely N-dealkylation sites (tertiary alicyclic amines) is 1. The van der Waals surface area contributed by atoms with Crippen molar-refractivity contribution in [3.05, 3.63) is 65.4 Å². The number of nitrogens with zero attached hydrogens (tertiary/aromatic N) is 1. The number of nitrogens with one attached hydrogen (secondary N) is 1.